The number of rotatable bonds is 3. The maximum atomic E-state index is 4.68. The van der Waals surface area contributed by atoms with Gasteiger partial charge in [-0.3, -0.25) is 0 Å². The lowest BCUT2D eigenvalue weighted by atomic mass is 10.1. The predicted octanol–water partition coefficient (Wildman–Crippen LogP) is 3.17. The summed E-state index contributed by atoms with van der Waals surface area (Å²) in [5, 5.41) is 5.66. The molecule has 116 valence electrons. The lowest BCUT2D eigenvalue weighted by molar-refractivity contribution is 0.622. The van der Waals surface area contributed by atoms with Crippen molar-refractivity contribution in [2.45, 2.75) is 27.2 Å². The molecule has 0 bridgehead atoms. The summed E-state index contributed by atoms with van der Waals surface area (Å²) >= 11 is 0. The van der Waals surface area contributed by atoms with Gasteiger partial charge in [-0.25, -0.2) is 19.5 Å². The molecule has 6 nitrogen and oxygen atoms in total. The number of aryl methyl sites for hydroxylation is 1. The van der Waals surface area contributed by atoms with Gasteiger partial charge in [0.1, 0.15) is 11.5 Å². The topological polar surface area (TPSA) is 71.8 Å². The van der Waals surface area contributed by atoms with Crippen molar-refractivity contribution in [2.75, 3.05) is 0 Å². The largest absolute Gasteiger partial charge is 0.345 e. The molecule has 0 fully saturated rings. The van der Waals surface area contributed by atoms with Gasteiger partial charge in [0.05, 0.1) is 17.6 Å². The van der Waals surface area contributed by atoms with E-state index < -0.39 is 0 Å². The molecule has 4 aromatic heterocycles. The highest BCUT2D eigenvalue weighted by Crippen LogP contribution is 2.26. The number of fused-ring (bicyclic) bond motifs is 2. The fourth-order valence-electron chi connectivity index (χ4n) is 2.75. The third kappa shape index (κ3) is 2.36. The van der Waals surface area contributed by atoms with Crippen molar-refractivity contribution in [3.8, 4) is 11.3 Å². The minimum atomic E-state index is 0.537. The van der Waals surface area contributed by atoms with Crippen LogP contribution >= 0.6 is 0 Å². The number of hydrogen-bond donors (Lipinski definition) is 1. The Morgan fingerprint density at radius 1 is 1.17 bits per heavy atom. The lowest BCUT2D eigenvalue weighted by Crippen LogP contribution is -2.00. The SMILES string of the molecule is Cc1cnc2ccc(-c3c[nH]c4nc(CC(C)C)ncc34)nn12. The summed E-state index contributed by atoms with van der Waals surface area (Å²) in [6, 6.07) is 3.95. The second kappa shape index (κ2) is 5.15. The van der Waals surface area contributed by atoms with Crippen molar-refractivity contribution in [3.63, 3.8) is 0 Å². The summed E-state index contributed by atoms with van der Waals surface area (Å²) < 4.78 is 1.85. The van der Waals surface area contributed by atoms with Crippen molar-refractivity contribution < 1.29 is 0 Å². The molecule has 0 amide bonds. The van der Waals surface area contributed by atoms with Crippen LogP contribution in [0.4, 0.5) is 0 Å². The van der Waals surface area contributed by atoms with Crippen LogP contribution in [0.25, 0.3) is 27.9 Å². The zero-order valence-corrected chi connectivity index (χ0v) is 13.4. The van der Waals surface area contributed by atoms with Gasteiger partial charge in [0.2, 0.25) is 0 Å². The number of nitrogens with one attached hydrogen (secondary N) is 1. The molecule has 0 aliphatic heterocycles. The Bertz CT molecular complexity index is 995. The summed E-state index contributed by atoms with van der Waals surface area (Å²) in [7, 11) is 0. The molecule has 0 aromatic carbocycles. The molecule has 6 heteroatoms. The Morgan fingerprint density at radius 3 is 2.87 bits per heavy atom. The van der Waals surface area contributed by atoms with Gasteiger partial charge >= 0.3 is 0 Å². The first-order valence-corrected chi connectivity index (χ1v) is 7.76. The molecule has 0 spiro atoms. The molecule has 4 aromatic rings. The van der Waals surface area contributed by atoms with Crippen LogP contribution in [0.5, 0.6) is 0 Å². The van der Waals surface area contributed by atoms with Crippen molar-refractivity contribution in [1.29, 1.82) is 0 Å². The summed E-state index contributed by atoms with van der Waals surface area (Å²) in [5.41, 5.74) is 4.60. The van der Waals surface area contributed by atoms with Crippen LogP contribution in [0.15, 0.2) is 30.7 Å². The number of H-pyrrole nitrogens is 1. The first-order chi connectivity index (χ1) is 11.1. The molecule has 4 rings (SSSR count). The van der Waals surface area contributed by atoms with E-state index in [9.17, 15) is 0 Å². The molecule has 0 radical (unpaired) electrons. The maximum Gasteiger partial charge on any atom is 0.153 e. The van der Waals surface area contributed by atoms with Gasteiger partial charge in [-0.05, 0) is 25.0 Å². The molecule has 23 heavy (non-hydrogen) atoms. The molecule has 0 aliphatic rings. The van der Waals surface area contributed by atoms with Crippen molar-refractivity contribution in [2.24, 2.45) is 5.92 Å². The van der Waals surface area contributed by atoms with Crippen LogP contribution in [0, 0.1) is 12.8 Å². The van der Waals surface area contributed by atoms with E-state index in [2.05, 4.69) is 38.9 Å². The van der Waals surface area contributed by atoms with Crippen molar-refractivity contribution in [3.05, 3.63) is 42.2 Å². The van der Waals surface area contributed by atoms with Gasteiger partial charge in [0, 0.05) is 29.8 Å². The van der Waals surface area contributed by atoms with Crippen LogP contribution in [0.1, 0.15) is 25.4 Å². The number of hydrogen-bond acceptors (Lipinski definition) is 4. The Morgan fingerprint density at radius 2 is 2.04 bits per heavy atom. The van der Waals surface area contributed by atoms with Gasteiger partial charge in [-0.1, -0.05) is 13.8 Å². The summed E-state index contributed by atoms with van der Waals surface area (Å²) in [5.74, 6) is 1.41. The highest BCUT2D eigenvalue weighted by molar-refractivity contribution is 5.91. The van der Waals surface area contributed by atoms with Crippen LogP contribution in [-0.4, -0.2) is 29.5 Å². The Kier molecular flexibility index (Phi) is 3.11. The molecule has 0 saturated heterocycles. The molecular formula is C17H18N6. The van der Waals surface area contributed by atoms with Crippen LogP contribution in [-0.2, 0) is 6.42 Å². The van der Waals surface area contributed by atoms with E-state index in [0.29, 0.717) is 5.92 Å². The quantitative estimate of drug-likeness (QED) is 0.631. The third-order valence-electron chi connectivity index (χ3n) is 3.88. The van der Waals surface area contributed by atoms with E-state index in [1.807, 2.05) is 42.2 Å². The average molecular weight is 306 g/mol. The van der Waals surface area contributed by atoms with Crippen LogP contribution in [0.2, 0.25) is 0 Å². The first-order valence-electron chi connectivity index (χ1n) is 7.76. The summed E-state index contributed by atoms with van der Waals surface area (Å²) in [6.45, 7) is 6.33. The van der Waals surface area contributed by atoms with E-state index in [1.165, 1.54) is 0 Å². The van der Waals surface area contributed by atoms with Crippen molar-refractivity contribution in [1.82, 2.24) is 29.5 Å². The van der Waals surface area contributed by atoms with E-state index in [-0.39, 0.29) is 0 Å². The average Bonchev–Trinajstić information content (AvgIpc) is 3.10. The second-order valence-corrected chi connectivity index (χ2v) is 6.24. The zero-order chi connectivity index (χ0) is 16.0. The minimum Gasteiger partial charge on any atom is -0.345 e. The molecule has 0 saturated carbocycles. The number of aromatic amines is 1. The second-order valence-electron chi connectivity index (χ2n) is 6.24. The summed E-state index contributed by atoms with van der Waals surface area (Å²) in [4.78, 5) is 16.7. The lowest BCUT2D eigenvalue weighted by Gasteiger charge is -2.04. The van der Waals surface area contributed by atoms with E-state index in [0.717, 1.165) is 45.9 Å². The smallest absolute Gasteiger partial charge is 0.153 e. The highest BCUT2D eigenvalue weighted by atomic mass is 15.3. The molecule has 0 aliphatic carbocycles. The fraction of sp³-hybridized carbons (Fsp3) is 0.294. The monoisotopic (exact) mass is 306 g/mol. The van der Waals surface area contributed by atoms with E-state index in [4.69, 9.17) is 0 Å². The van der Waals surface area contributed by atoms with Crippen LogP contribution < -0.4 is 0 Å². The standard InChI is InChI=1S/C17H18N6/c1-10(2)6-15-18-9-13-12(8-20-17(13)21-15)14-4-5-16-19-7-11(3)23(16)22-14/h4-5,7-10H,6H2,1-3H3,(H,18,20,21). The molecule has 0 unspecified atom stereocenters. The van der Waals surface area contributed by atoms with E-state index in [1.54, 1.807) is 0 Å². The normalized spacial score (nSPS) is 11.8. The number of nitrogens with zero attached hydrogens (tertiary/aromatic N) is 5. The van der Waals surface area contributed by atoms with Gasteiger partial charge < -0.3 is 4.98 Å². The fourth-order valence-corrected chi connectivity index (χ4v) is 2.75. The van der Waals surface area contributed by atoms with E-state index >= 15 is 0 Å². The Hall–Kier alpha value is -2.76. The molecule has 0 atom stereocenters. The first kappa shape index (κ1) is 13.9. The van der Waals surface area contributed by atoms with Crippen LogP contribution in [0.3, 0.4) is 0 Å². The third-order valence-corrected chi connectivity index (χ3v) is 3.88. The maximum absolute atomic E-state index is 4.68. The number of imidazole rings is 1. The molecule has 4 heterocycles. The highest BCUT2D eigenvalue weighted by Gasteiger charge is 2.12. The Labute approximate surface area is 133 Å². The van der Waals surface area contributed by atoms with Gasteiger partial charge in [0.25, 0.3) is 0 Å². The zero-order valence-electron chi connectivity index (χ0n) is 13.4. The minimum absolute atomic E-state index is 0.537. The van der Waals surface area contributed by atoms with Crippen molar-refractivity contribution >= 4 is 16.7 Å². The molecular weight excluding hydrogens is 288 g/mol. The summed E-state index contributed by atoms with van der Waals surface area (Å²) in [6.07, 6.45) is 6.53. The number of aromatic nitrogens is 6. The molecule has 1 N–H and O–H groups in total. The van der Waals surface area contributed by atoms with Gasteiger partial charge in [0.15, 0.2) is 5.65 Å². The Balaban J connectivity index is 1.82. The van der Waals surface area contributed by atoms with Gasteiger partial charge in [-0.15, -0.1) is 0 Å². The van der Waals surface area contributed by atoms with Gasteiger partial charge in [-0.2, -0.15) is 5.10 Å². The predicted molar refractivity (Wildman–Crippen MR) is 89.1 cm³/mol.